The van der Waals surface area contributed by atoms with Crippen LogP contribution in [0.3, 0.4) is 0 Å². The lowest BCUT2D eigenvalue weighted by Gasteiger charge is -2.20. The molecule has 3 rings (SSSR count). The number of carbonyl (C=O) groups excluding carboxylic acids is 1. The normalized spacial score (nSPS) is 22.6. The van der Waals surface area contributed by atoms with E-state index in [1.807, 2.05) is 55.5 Å². The Hall–Kier alpha value is -3.25. The van der Waals surface area contributed by atoms with Gasteiger partial charge in [-0.3, -0.25) is 0 Å². The number of allylic oxidation sites excluding steroid dienone is 3. The van der Waals surface area contributed by atoms with Crippen molar-refractivity contribution in [2.45, 2.75) is 45.8 Å². The highest BCUT2D eigenvalue weighted by Gasteiger charge is 2.26. The molecule has 0 fully saturated rings. The average Bonchev–Trinajstić information content (AvgIpc) is 2.79. The molecule has 0 spiro atoms. The molecule has 0 saturated heterocycles. The molecule has 2 aromatic carbocycles. The van der Waals surface area contributed by atoms with Crippen LogP contribution >= 0.6 is 11.6 Å². The number of fused-ring (bicyclic) bond motifs is 1. The standard InChI is InChI=1S/C26H28ClNO5/c1-17-10-6-3-4-9-13-20(28-32-16-19-11-7-5-8-12-19)14-21-24(26(31)33-18(17)2)22(29)15-23(30)25(21)27/h5-13,15,17-18,29-30H,3-4,14,16H2,1-2H3/b10-6+,13-9+,28-20+/t17-,18+/m0/s1. The van der Waals surface area contributed by atoms with Gasteiger partial charge in [0.15, 0.2) is 0 Å². The third-order valence-electron chi connectivity index (χ3n) is 5.42. The highest BCUT2D eigenvalue weighted by molar-refractivity contribution is 6.33. The number of cyclic esters (lactones) is 1. The number of oxime groups is 1. The summed E-state index contributed by atoms with van der Waals surface area (Å²) in [6, 6.07) is 10.6. The van der Waals surface area contributed by atoms with E-state index in [0.717, 1.165) is 24.5 Å². The molecule has 174 valence electrons. The van der Waals surface area contributed by atoms with Crippen LogP contribution in [0, 0.1) is 5.92 Å². The third-order valence-corrected chi connectivity index (χ3v) is 5.84. The monoisotopic (exact) mass is 469 g/mol. The van der Waals surface area contributed by atoms with Crippen LogP contribution in [0.1, 0.15) is 48.2 Å². The highest BCUT2D eigenvalue weighted by Crippen LogP contribution is 2.37. The maximum atomic E-state index is 13.0. The van der Waals surface area contributed by atoms with E-state index in [1.165, 1.54) is 0 Å². The number of hydrogen-bond donors (Lipinski definition) is 2. The molecule has 0 saturated carbocycles. The molecule has 1 aliphatic heterocycles. The molecular formula is C26H28ClNO5. The van der Waals surface area contributed by atoms with Gasteiger partial charge >= 0.3 is 5.97 Å². The summed E-state index contributed by atoms with van der Waals surface area (Å²) < 4.78 is 5.60. The summed E-state index contributed by atoms with van der Waals surface area (Å²) in [7, 11) is 0. The van der Waals surface area contributed by atoms with E-state index in [-0.39, 0.29) is 40.8 Å². The minimum atomic E-state index is -0.720. The smallest absolute Gasteiger partial charge is 0.342 e. The Labute approximate surface area is 198 Å². The van der Waals surface area contributed by atoms with Crippen molar-refractivity contribution in [2.75, 3.05) is 0 Å². The molecule has 2 aromatic rings. The van der Waals surface area contributed by atoms with Gasteiger partial charge in [-0.25, -0.2) is 4.79 Å². The number of ether oxygens (including phenoxy) is 1. The van der Waals surface area contributed by atoms with E-state index in [4.69, 9.17) is 21.2 Å². The van der Waals surface area contributed by atoms with Gasteiger partial charge in [-0.15, -0.1) is 0 Å². The van der Waals surface area contributed by atoms with Gasteiger partial charge in [-0.2, -0.15) is 0 Å². The number of benzene rings is 2. The minimum Gasteiger partial charge on any atom is -0.507 e. The average molecular weight is 470 g/mol. The number of halogens is 1. The Morgan fingerprint density at radius 2 is 1.85 bits per heavy atom. The summed E-state index contributed by atoms with van der Waals surface area (Å²) in [5.41, 5.74) is 1.56. The second-order valence-corrected chi connectivity index (χ2v) is 8.36. The van der Waals surface area contributed by atoms with E-state index in [2.05, 4.69) is 5.16 Å². The van der Waals surface area contributed by atoms with Crippen molar-refractivity contribution in [1.29, 1.82) is 0 Å². The van der Waals surface area contributed by atoms with Crippen molar-refractivity contribution in [3.63, 3.8) is 0 Å². The van der Waals surface area contributed by atoms with Crippen molar-refractivity contribution in [3.8, 4) is 11.5 Å². The molecule has 0 aromatic heterocycles. The number of aromatic hydroxyl groups is 2. The fourth-order valence-corrected chi connectivity index (χ4v) is 3.57. The van der Waals surface area contributed by atoms with Crippen LogP contribution in [0.25, 0.3) is 0 Å². The Morgan fingerprint density at radius 1 is 1.12 bits per heavy atom. The maximum Gasteiger partial charge on any atom is 0.342 e. The summed E-state index contributed by atoms with van der Waals surface area (Å²) in [6.45, 7) is 4.02. The van der Waals surface area contributed by atoms with Gasteiger partial charge in [0.1, 0.15) is 29.8 Å². The van der Waals surface area contributed by atoms with Gasteiger partial charge in [-0.1, -0.05) is 72.2 Å². The Balaban J connectivity index is 1.99. The van der Waals surface area contributed by atoms with E-state index >= 15 is 0 Å². The third kappa shape index (κ3) is 6.62. The zero-order chi connectivity index (χ0) is 23.8. The maximum absolute atomic E-state index is 13.0. The first-order valence-electron chi connectivity index (χ1n) is 10.9. The Kier molecular flexibility index (Phi) is 8.55. The molecular weight excluding hydrogens is 442 g/mol. The summed E-state index contributed by atoms with van der Waals surface area (Å²) in [5.74, 6) is -1.47. The van der Waals surface area contributed by atoms with Crippen molar-refractivity contribution >= 4 is 23.3 Å². The van der Waals surface area contributed by atoms with Crippen LogP contribution in [-0.4, -0.2) is 28.0 Å². The quantitative estimate of drug-likeness (QED) is 0.329. The molecule has 0 aliphatic carbocycles. The lowest BCUT2D eigenvalue weighted by atomic mass is 9.98. The molecule has 7 heteroatoms. The largest absolute Gasteiger partial charge is 0.507 e. The molecule has 33 heavy (non-hydrogen) atoms. The van der Waals surface area contributed by atoms with Gasteiger partial charge in [0.05, 0.1) is 10.7 Å². The van der Waals surface area contributed by atoms with E-state index in [1.54, 1.807) is 13.0 Å². The van der Waals surface area contributed by atoms with Gasteiger partial charge in [0, 0.05) is 18.4 Å². The molecule has 2 atom stereocenters. The molecule has 6 nitrogen and oxygen atoms in total. The van der Waals surface area contributed by atoms with Crippen LogP contribution in [0.5, 0.6) is 11.5 Å². The Morgan fingerprint density at radius 3 is 2.61 bits per heavy atom. The van der Waals surface area contributed by atoms with E-state index < -0.39 is 17.8 Å². The first-order chi connectivity index (χ1) is 15.9. The van der Waals surface area contributed by atoms with Crippen LogP contribution in [0.4, 0.5) is 0 Å². The molecule has 2 N–H and O–H groups in total. The van der Waals surface area contributed by atoms with Gasteiger partial charge < -0.3 is 19.8 Å². The van der Waals surface area contributed by atoms with Crippen molar-refractivity contribution in [3.05, 3.63) is 82.4 Å². The topological polar surface area (TPSA) is 88.4 Å². The number of hydrogen-bond acceptors (Lipinski definition) is 6. The highest BCUT2D eigenvalue weighted by atomic mass is 35.5. The number of phenolic OH excluding ortho intramolecular Hbond substituents is 2. The lowest BCUT2D eigenvalue weighted by Crippen LogP contribution is -2.22. The fraction of sp³-hybridized carbons (Fsp3) is 0.308. The minimum absolute atomic E-state index is 0.0115. The van der Waals surface area contributed by atoms with Crippen molar-refractivity contribution in [2.24, 2.45) is 11.1 Å². The number of phenols is 2. The number of rotatable bonds is 3. The molecule has 0 amide bonds. The number of nitrogens with zero attached hydrogens (tertiary/aromatic N) is 1. The van der Waals surface area contributed by atoms with Crippen LogP contribution in [-0.2, 0) is 22.6 Å². The van der Waals surface area contributed by atoms with Crippen LogP contribution in [0.2, 0.25) is 5.02 Å². The summed E-state index contributed by atoms with van der Waals surface area (Å²) in [6.07, 6.45) is 9.03. The van der Waals surface area contributed by atoms with Crippen LogP contribution < -0.4 is 0 Å². The molecule has 0 unspecified atom stereocenters. The number of esters is 1. The van der Waals surface area contributed by atoms with Gasteiger partial charge in [-0.05, 0) is 37.0 Å². The van der Waals surface area contributed by atoms with Crippen molar-refractivity contribution < 1.29 is 24.6 Å². The summed E-state index contributed by atoms with van der Waals surface area (Å²) in [4.78, 5) is 18.5. The van der Waals surface area contributed by atoms with E-state index in [9.17, 15) is 15.0 Å². The molecule has 1 heterocycles. The SMILES string of the molecule is C[C@H]1/C=C/CC/C=C/C(=N\OCc2ccccc2)Cc2c(Cl)c(O)cc(O)c2C(=O)O[C@@H]1C. The summed E-state index contributed by atoms with van der Waals surface area (Å²) in [5, 5.41) is 24.8. The predicted molar refractivity (Wildman–Crippen MR) is 129 cm³/mol. The second kappa shape index (κ2) is 11.6. The summed E-state index contributed by atoms with van der Waals surface area (Å²) >= 11 is 6.36. The Bertz CT molecular complexity index is 1060. The zero-order valence-corrected chi connectivity index (χ0v) is 19.5. The van der Waals surface area contributed by atoms with Crippen molar-refractivity contribution in [1.82, 2.24) is 0 Å². The molecule has 1 aliphatic rings. The van der Waals surface area contributed by atoms with E-state index in [0.29, 0.717) is 5.71 Å². The lowest BCUT2D eigenvalue weighted by molar-refractivity contribution is 0.0262. The van der Waals surface area contributed by atoms with Gasteiger partial charge in [0.2, 0.25) is 0 Å². The second-order valence-electron chi connectivity index (χ2n) is 7.98. The fourth-order valence-electron chi connectivity index (χ4n) is 3.36. The zero-order valence-electron chi connectivity index (χ0n) is 18.7. The number of carbonyl (C=O) groups is 1. The first kappa shape index (κ1) is 24.4. The molecule has 0 bridgehead atoms. The van der Waals surface area contributed by atoms with Crippen LogP contribution in [0.15, 0.2) is 65.9 Å². The molecule has 0 radical (unpaired) electrons. The predicted octanol–water partition coefficient (Wildman–Crippen LogP) is 5.95. The first-order valence-corrected chi connectivity index (χ1v) is 11.2. The van der Waals surface area contributed by atoms with Gasteiger partial charge in [0.25, 0.3) is 0 Å².